The van der Waals surface area contributed by atoms with Gasteiger partial charge < -0.3 is 10.6 Å². The number of amides is 1. The Morgan fingerprint density at radius 3 is 2.48 bits per heavy atom. The van der Waals surface area contributed by atoms with Gasteiger partial charge in [0.1, 0.15) is 0 Å². The number of alkyl halides is 2. The second kappa shape index (κ2) is 8.02. The molecule has 2 aliphatic heterocycles. The molecule has 1 saturated carbocycles. The number of hydrogen-bond donors (Lipinski definition) is 2. The zero-order valence-electron chi connectivity index (χ0n) is 16.6. The molecule has 154 valence electrons. The third kappa shape index (κ3) is 4.61. The van der Waals surface area contributed by atoms with E-state index in [0.717, 1.165) is 38.6 Å². The first-order valence-corrected chi connectivity index (χ1v) is 10.4. The number of fused-ring (bicyclic) bond motifs is 1. The second-order valence-electron chi connectivity index (χ2n) is 9.15. The van der Waals surface area contributed by atoms with Crippen LogP contribution in [0, 0.1) is 23.2 Å². The van der Waals surface area contributed by atoms with Crippen LogP contribution in [0.25, 0.3) is 0 Å². The fraction of sp³-hybridized carbons (Fsp3) is 0.900. The van der Waals surface area contributed by atoms with E-state index in [1.54, 1.807) is 4.90 Å². The van der Waals surface area contributed by atoms with E-state index < -0.39 is 5.92 Å². The number of hydrogen-bond acceptors (Lipinski definition) is 3. The Labute approximate surface area is 161 Å². The molecule has 2 heterocycles. The van der Waals surface area contributed by atoms with Gasteiger partial charge in [0, 0.05) is 37.9 Å². The van der Waals surface area contributed by atoms with Crippen LogP contribution in [0.15, 0.2) is 0 Å². The van der Waals surface area contributed by atoms with Crippen molar-refractivity contribution < 1.29 is 13.6 Å². The van der Waals surface area contributed by atoms with Crippen LogP contribution in [0.5, 0.6) is 0 Å². The highest BCUT2D eigenvalue weighted by Gasteiger charge is 2.48. The summed E-state index contributed by atoms with van der Waals surface area (Å²) in [5.41, 5.74) is 5.77. The van der Waals surface area contributed by atoms with E-state index in [2.05, 4.69) is 18.7 Å². The summed E-state index contributed by atoms with van der Waals surface area (Å²) >= 11 is 0. The molecular weight excluding hydrogens is 350 g/mol. The van der Waals surface area contributed by atoms with E-state index >= 15 is 0 Å². The number of amidine groups is 1. The average molecular weight is 385 g/mol. The number of halogens is 2. The smallest absolute Gasteiger partial charge is 0.251 e. The van der Waals surface area contributed by atoms with Gasteiger partial charge in [0.15, 0.2) is 0 Å². The molecule has 3 N–H and O–H groups in total. The van der Waals surface area contributed by atoms with Crippen LogP contribution in [0.3, 0.4) is 0 Å². The van der Waals surface area contributed by atoms with Crippen molar-refractivity contribution in [3.05, 3.63) is 0 Å². The van der Waals surface area contributed by atoms with E-state index in [0.29, 0.717) is 11.8 Å². The van der Waals surface area contributed by atoms with Crippen LogP contribution >= 0.6 is 0 Å². The molecule has 27 heavy (non-hydrogen) atoms. The van der Waals surface area contributed by atoms with Gasteiger partial charge in [-0.25, -0.2) is 8.78 Å². The lowest BCUT2D eigenvalue weighted by molar-refractivity contribution is -0.142. The Balaban J connectivity index is 1.72. The third-order valence-corrected chi connectivity index (χ3v) is 6.80. The highest BCUT2D eigenvalue weighted by Crippen LogP contribution is 2.43. The highest BCUT2D eigenvalue weighted by atomic mass is 19.3. The van der Waals surface area contributed by atoms with Crippen molar-refractivity contribution in [2.75, 3.05) is 19.6 Å². The minimum atomic E-state index is -2.63. The summed E-state index contributed by atoms with van der Waals surface area (Å²) in [5.74, 6) is -1.25. The molecule has 1 amide bonds. The number of nitrogens with zero attached hydrogens (tertiary/aromatic N) is 2. The molecule has 1 aliphatic carbocycles. The van der Waals surface area contributed by atoms with Gasteiger partial charge in [-0.3, -0.25) is 15.1 Å². The van der Waals surface area contributed by atoms with Gasteiger partial charge in [-0.05, 0) is 50.5 Å². The highest BCUT2D eigenvalue weighted by molar-refractivity contribution is 5.83. The van der Waals surface area contributed by atoms with E-state index in [4.69, 9.17) is 11.1 Å². The number of likely N-dealkylation sites (tertiary alicyclic amines) is 2. The summed E-state index contributed by atoms with van der Waals surface area (Å²) < 4.78 is 27.0. The maximum absolute atomic E-state index is 13.5. The van der Waals surface area contributed by atoms with Gasteiger partial charge in [0.25, 0.3) is 5.92 Å². The molecule has 0 bridgehead atoms. The van der Waals surface area contributed by atoms with Gasteiger partial charge in [0.05, 0.1) is 11.9 Å². The lowest BCUT2D eigenvalue weighted by atomic mass is 9.78. The van der Waals surface area contributed by atoms with Crippen LogP contribution in [0.1, 0.15) is 58.8 Å². The van der Waals surface area contributed by atoms with Crippen molar-refractivity contribution in [1.82, 2.24) is 9.80 Å². The van der Waals surface area contributed by atoms with Gasteiger partial charge in [-0.2, -0.15) is 0 Å². The first kappa shape index (κ1) is 20.5. The molecule has 3 aliphatic rings. The van der Waals surface area contributed by atoms with E-state index in [1.165, 1.54) is 0 Å². The van der Waals surface area contributed by atoms with Gasteiger partial charge in [-0.15, -0.1) is 0 Å². The zero-order chi connectivity index (χ0) is 19.8. The normalized spacial score (nSPS) is 33.9. The summed E-state index contributed by atoms with van der Waals surface area (Å²) in [4.78, 5) is 17.2. The lowest BCUT2D eigenvalue weighted by Gasteiger charge is -2.39. The molecule has 4 unspecified atom stereocenters. The van der Waals surface area contributed by atoms with E-state index in [-0.39, 0.29) is 55.7 Å². The van der Waals surface area contributed by atoms with E-state index in [1.807, 2.05) is 0 Å². The number of carbonyl (C=O) groups excluding carboxylic acids is 1. The molecule has 0 spiro atoms. The molecule has 3 rings (SSSR count). The fourth-order valence-corrected chi connectivity index (χ4v) is 5.06. The molecule has 4 atom stereocenters. The maximum Gasteiger partial charge on any atom is 0.251 e. The topological polar surface area (TPSA) is 73.4 Å². The fourth-order valence-electron chi connectivity index (χ4n) is 5.06. The van der Waals surface area contributed by atoms with Crippen molar-refractivity contribution in [3.63, 3.8) is 0 Å². The maximum atomic E-state index is 13.5. The zero-order valence-corrected chi connectivity index (χ0v) is 16.6. The van der Waals surface area contributed by atoms with Crippen LogP contribution in [-0.2, 0) is 4.79 Å². The number of nitrogens with two attached hydrogens (primary N) is 1. The first-order chi connectivity index (χ1) is 12.7. The van der Waals surface area contributed by atoms with Crippen molar-refractivity contribution in [1.29, 1.82) is 5.41 Å². The Hall–Kier alpha value is -1.24. The van der Waals surface area contributed by atoms with Crippen molar-refractivity contribution >= 4 is 11.7 Å². The minimum Gasteiger partial charge on any atom is -0.387 e. The first-order valence-electron chi connectivity index (χ1n) is 10.4. The molecule has 0 aromatic carbocycles. The third-order valence-electron chi connectivity index (χ3n) is 6.80. The Bertz CT molecular complexity index is 558. The summed E-state index contributed by atoms with van der Waals surface area (Å²) in [6.07, 6.45) is 4.14. The van der Waals surface area contributed by atoms with Crippen LogP contribution < -0.4 is 5.73 Å². The summed E-state index contributed by atoms with van der Waals surface area (Å²) in [5, 5.41) is 7.82. The Morgan fingerprint density at radius 2 is 1.89 bits per heavy atom. The Kier molecular flexibility index (Phi) is 6.08. The van der Waals surface area contributed by atoms with Crippen molar-refractivity contribution in [2.24, 2.45) is 23.5 Å². The SMILES string of the molecule is CC(C)CCN1C(C(=O)N2CCC(F)(F)CC2)CC2CCC(C(=N)N)CC21. The van der Waals surface area contributed by atoms with Crippen LogP contribution in [0.2, 0.25) is 0 Å². The molecule has 0 aromatic heterocycles. The number of piperidine rings is 1. The molecular formula is C20H34F2N4O. The van der Waals surface area contributed by atoms with E-state index in [9.17, 15) is 13.6 Å². The Morgan fingerprint density at radius 1 is 1.22 bits per heavy atom. The quantitative estimate of drug-likeness (QED) is 0.565. The number of carbonyl (C=O) groups is 1. The summed E-state index contributed by atoms with van der Waals surface area (Å²) in [7, 11) is 0. The molecule has 0 aromatic rings. The molecule has 3 fully saturated rings. The molecule has 5 nitrogen and oxygen atoms in total. The number of nitrogens with one attached hydrogen (secondary N) is 1. The standard InChI is InChI=1S/C20H34F2N4O/c1-13(2)5-8-26-16-12-15(18(23)24)4-3-14(16)11-17(26)19(27)25-9-6-20(21,22)7-10-25/h13-17H,3-12H2,1-2H3,(H3,23,24). The van der Waals surface area contributed by atoms with Crippen LogP contribution in [-0.4, -0.2) is 59.2 Å². The number of rotatable bonds is 5. The lowest BCUT2D eigenvalue weighted by Crippen LogP contribution is -2.52. The molecule has 7 heteroatoms. The van der Waals surface area contributed by atoms with Gasteiger partial charge >= 0.3 is 0 Å². The van der Waals surface area contributed by atoms with Crippen molar-refractivity contribution in [2.45, 2.75) is 76.8 Å². The minimum absolute atomic E-state index is 0.0306. The molecule has 2 saturated heterocycles. The second-order valence-corrected chi connectivity index (χ2v) is 9.15. The van der Waals surface area contributed by atoms with Gasteiger partial charge in [-0.1, -0.05) is 13.8 Å². The van der Waals surface area contributed by atoms with Gasteiger partial charge in [0.2, 0.25) is 5.91 Å². The monoisotopic (exact) mass is 384 g/mol. The predicted molar refractivity (Wildman–Crippen MR) is 102 cm³/mol. The van der Waals surface area contributed by atoms with Crippen molar-refractivity contribution in [3.8, 4) is 0 Å². The summed E-state index contributed by atoms with van der Waals surface area (Å²) in [6.45, 7) is 5.52. The van der Waals surface area contributed by atoms with Crippen LogP contribution in [0.4, 0.5) is 8.78 Å². The largest absolute Gasteiger partial charge is 0.387 e. The molecule has 0 radical (unpaired) electrons. The predicted octanol–water partition coefficient (Wildman–Crippen LogP) is 3.09. The average Bonchev–Trinajstić information content (AvgIpc) is 2.97. The summed E-state index contributed by atoms with van der Waals surface area (Å²) in [6, 6.07) is 0.0859.